The van der Waals surface area contributed by atoms with Crippen LogP contribution < -0.4 is 19.1 Å². The van der Waals surface area contributed by atoms with Crippen molar-refractivity contribution in [2.24, 2.45) is 0 Å². The molecule has 1 aliphatic heterocycles. The first-order chi connectivity index (χ1) is 16.5. The lowest BCUT2D eigenvalue weighted by Gasteiger charge is -2.32. The third kappa shape index (κ3) is 7.02. The molecule has 0 spiro atoms. The van der Waals surface area contributed by atoms with Gasteiger partial charge < -0.3 is 19.7 Å². The van der Waals surface area contributed by atoms with E-state index >= 15 is 0 Å². The first kappa shape index (κ1) is 26.6. The highest BCUT2D eigenvalue weighted by molar-refractivity contribution is 7.92. The zero-order valence-electron chi connectivity index (χ0n) is 20.2. The van der Waals surface area contributed by atoms with Gasteiger partial charge in [0.05, 0.1) is 11.9 Å². The van der Waals surface area contributed by atoms with Crippen LogP contribution >= 0.6 is 11.6 Å². The first-order valence-electron chi connectivity index (χ1n) is 11.2. The monoisotopic (exact) mass is 523 g/mol. The van der Waals surface area contributed by atoms with Gasteiger partial charge >= 0.3 is 0 Å². The topological polar surface area (TPSA) is 105 Å². The number of sulfonamides is 1. The molecule has 0 aromatic heterocycles. The lowest BCUT2D eigenvalue weighted by molar-refractivity contribution is -0.139. The molecule has 1 atom stereocenters. The van der Waals surface area contributed by atoms with Crippen LogP contribution in [0.5, 0.6) is 11.5 Å². The maximum atomic E-state index is 13.5. The summed E-state index contributed by atoms with van der Waals surface area (Å²) in [6, 6.07) is 10.6. The summed E-state index contributed by atoms with van der Waals surface area (Å²) in [5.41, 5.74) is 1.01. The maximum absolute atomic E-state index is 13.5. The zero-order chi connectivity index (χ0) is 25.8. The molecule has 0 radical (unpaired) electrons. The molecule has 0 fully saturated rings. The lowest BCUT2D eigenvalue weighted by Crippen LogP contribution is -2.52. The number of carbonyl (C=O) groups is 2. The van der Waals surface area contributed by atoms with E-state index in [9.17, 15) is 18.0 Å². The minimum Gasteiger partial charge on any atom is -0.486 e. The van der Waals surface area contributed by atoms with E-state index in [1.165, 1.54) is 11.0 Å². The molecule has 0 unspecified atom stereocenters. The summed E-state index contributed by atoms with van der Waals surface area (Å²) in [5, 5.41) is 3.35. The fourth-order valence-corrected chi connectivity index (χ4v) is 4.54. The molecule has 3 rings (SSSR count). The quantitative estimate of drug-likeness (QED) is 0.542. The minimum atomic E-state index is -3.85. The van der Waals surface area contributed by atoms with Crippen molar-refractivity contribution in [2.45, 2.75) is 39.4 Å². The Bertz CT molecular complexity index is 1170. The second-order valence-corrected chi connectivity index (χ2v) is 10.9. The smallest absolute Gasteiger partial charge is 0.244 e. The number of nitrogens with one attached hydrogen (secondary N) is 1. The van der Waals surface area contributed by atoms with E-state index in [0.717, 1.165) is 16.1 Å². The van der Waals surface area contributed by atoms with Crippen LogP contribution in [0.15, 0.2) is 42.5 Å². The van der Waals surface area contributed by atoms with Gasteiger partial charge in [0.1, 0.15) is 25.8 Å². The predicted molar refractivity (Wildman–Crippen MR) is 134 cm³/mol. The van der Waals surface area contributed by atoms with Crippen molar-refractivity contribution in [3.05, 3.63) is 53.1 Å². The number of hydrogen-bond donors (Lipinski definition) is 1. The standard InChI is InChI=1S/C24H30ClN3O6S/c1-16(2)26-24(30)17(3)27(14-18-5-7-19(25)8-6-18)23(29)15-28(35(4,31)32)20-9-10-21-22(13-20)34-12-11-33-21/h5-10,13,16-17H,11-12,14-15H2,1-4H3,(H,26,30)/t17-/m0/s1. The summed E-state index contributed by atoms with van der Waals surface area (Å²) in [7, 11) is -3.85. The molecule has 0 saturated carbocycles. The van der Waals surface area contributed by atoms with Crippen LogP contribution in [0.2, 0.25) is 5.02 Å². The van der Waals surface area contributed by atoms with E-state index in [2.05, 4.69) is 5.32 Å². The Hall–Kier alpha value is -2.98. The predicted octanol–water partition coefficient (Wildman–Crippen LogP) is 2.82. The normalized spacial score (nSPS) is 13.8. The van der Waals surface area contributed by atoms with Gasteiger partial charge in [0.25, 0.3) is 0 Å². The number of nitrogens with zero attached hydrogens (tertiary/aromatic N) is 2. The first-order valence-corrected chi connectivity index (χ1v) is 13.4. The number of ether oxygens (including phenoxy) is 2. The Morgan fingerprint density at radius 1 is 1.03 bits per heavy atom. The molecule has 1 aliphatic rings. The Labute approximate surface area is 211 Å². The summed E-state index contributed by atoms with van der Waals surface area (Å²) in [6.07, 6.45) is 1.02. The van der Waals surface area contributed by atoms with Crippen LogP contribution in [0.25, 0.3) is 0 Å². The van der Waals surface area contributed by atoms with Crippen LogP contribution in [0, 0.1) is 0 Å². The van der Waals surface area contributed by atoms with E-state index in [1.54, 1.807) is 43.3 Å². The summed E-state index contributed by atoms with van der Waals surface area (Å²) in [5.74, 6) is 0.0277. The number of benzene rings is 2. The number of fused-ring (bicyclic) bond motifs is 1. The molecule has 2 aromatic rings. The Balaban J connectivity index is 1.91. The average Bonchev–Trinajstić information content (AvgIpc) is 2.80. The summed E-state index contributed by atoms with van der Waals surface area (Å²) in [6.45, 7) is 5.60. The largest absolute Gasteiger partial charge is 0.486 e. The summed E-state index contributed by atoms with van der Waals surface area (Å²) in [4.78, 5) is 27.6. The third-order valence-corrected chi connectivity index (χ3v) is 6.75. The molecular weight excluding hydrogens is 494 g/mol. The highest BCUT2D eigenvalue weighted by atomic mass is 35.5. The van der Waals surface area contributed by atoms with E-state index in [-0.39, 0.29) is 24.2 Å². The molecule has 1 heterocycles. The Kier molecular flexibility index (Phi) is 8.50. The maximum Gasteiger partial charge on any atom is 0.244 e. The number of amides is 2. The number of rotatable bonds is 9. The van der Waals surface area contributed by atoms with Gasteiger partial charge in [-0.05, 0) is 50.6 Å². The van der Waals surface area contributed by atoms with Gasteiger partial charge in [-0.15, -0.1) is 0 Å². The fraction of sp³-hybridized carbons (Fsp3) is 0.417. The van der Waals surface area contributed by atoms with Crippen LogP contribution in [-0.4, -0.2) is 63.2 Å². The molecule has 9 nitrogen and oxygen atoms in total. The van der Waals surface area contributed by atoms with Gasteiger partial charge in [-0.25, -0.2) is 8.42 Å². The number of anilines is 1. The van der Waals surface area contributed by atoms with Gasteiger partial charge in [-0.1, -0.05) is 23.7 Å². The van der Waals surface area contributed by atoms with Crippen molar-refractivity contribution in [3.63, 3.8) is 0 Å². The SMILES string of the molecule is CC(C)NC(=O)[C@H](C)N(Cc1ccc(Cl)cc1)C(=O)CN(c1ccc2c(c1)OCCO2)S(C)(=O)=O. The number of hydrogen-bond acceptors (Lipinski definition) is 6. The highest BCUT2D eigenvalue weighted by Crippen LogP contribution is 2.34. The van der Waals surface area contributed by atoms with Crippen LogP contribution in [-0.2, 0) is 26.2 Å². The van der Waals surface area contributed by atoms with E-state index in [0.29, 0.717) is 29.7 Å². The van der Waals surface area contributed by atoms with Crippen molar-refractivity contribution < 1.29 is 27.5 Å². The molecule has 190 valence electrons. The summed E-state index contributed by atoms with van der Waals surface area (Å²) >= 11 is 5.98. The van der Waals surface area contributed by atoms with Gasteiger partial charge in [0.15, 0.2) is 11.5 Å². The molecule has 2 aromatic carbocycles. The van der Waals surface area contributed by atoms with Crippen LogP contribution in [0.4, 0.5) is 5.69 Å². The van der Waals surface area contributed by atoms with E-state index in [1.807, 2.05) is 13.8 Å². The van der Waals surface area contributed by atoms with Crippen molar-refractivity contribution in [1.29, 1.82) is 0 Å². The summed E-state index contributed by atoms with van der Waals surface area (Å²) < 4.78 is 37.5. The molecule has 0 saturated heterocycles. The van der Waals surface area contributed by atoms with Crippen molar-refractivity contribution in [3.8, 4) is 11.5 Å². The van der Waals surface area contributed by atoms with Gasteiger partial charge in [0.2, 0.25) is 21.8 Å². The van der Waals surface area contributed by atoms with E-state index in [4.69, 9.17) is 21.1 Å². The zero-order valence-corrected chi connectivity index (χ0v) is 21.7. The molecule has 11 heteroatoms. The molecule has 1 N–H and O–H groups in total. The number of halogens is 1. The Morgan fingerprint density at radius 2 is 1.66 bits per heavy atom. The number of carbonyl (C=O) groups excluding carboxylic acids is 2. The van der Waals surface area contributed by atoms with Gasteiger partial charge in [-0.2, -0.15) is 0 Å². The second kappa shape index (κ2) is 11.2. The Morgan fingerprint density at radius 3 is 2.26 bits per heavy atom. The van der Waals surface area contributed by atoms with Crippen molar-refractivity contribution in [1.82, 2.24) is 10.2 Å². The fourth-order valence-electron chi connectivity index (χ4n) is 3.58. The second-order valence-electron chi connectivity index (χ2n) is 8.58. The molecular formula is C24H30ClN3O6S. The highest BCUT2D eigenvalue weighted by Gasteiger charge is 2.31. The van der Waals surface area contributed by atoms with E-state index < -0.39 is 28.5 Å². The molecule has 0 bridgehead atoms. The van der Waals surface area contributed by atoms with Gasteiger partial charge in [-0.3, -0.25) is 13.9 Å². The van der Waals surface area contributed by atoms with Crippen LogP contribution in [0.1, 0.15) is 26.3 Å². The molecule has 0 aliphatic carbocycles. The minimum absolute atomic E-state index is 0.0986. The third-order valence-electron chi connectivity index (χ3n) is 5.36. The average molecular weight is 524 g/mol. The molecule has 35 heavy (non-hydrogen) atoms. The van der Waals surface area contributed by atoms with Crippen LogP contribution in [0.3, 0.4) is 0 Å². The lowest BCUT2D eigenvalue weighted by atomic mass is 10.1. The van der Waals surface area contributed by atoms with Gasteiger partial charge in [0, 0.05) is 23.7 Å². The van der Waals surface area contributed by atoms with Crippen molar-refractivity contribution in [2.75, 3.05) is 30.3 Å². The molecule has 2 amide bonds. The van der Waals surface area contributed by atoms with Crippen molar-refractivity contribution >= 4 is 39.1 Å².